The highest BCUT2D eigenvalue weighted by Crippen LogP contribution is 2.15. The van der Waals surface area contributed by atoms with Crippen LogP contribution in [0, 0.1) is 0 Å². The van der Waals surface area contributed by atoms with Crippen molar-refractivity contribution in [2.45, 2.75) is 33.3 Å². The molecule has 1 aromatic heterocycles. The Morgan fingerprint density at radius 3 is 2.62 bits per heavy atom. The summed E-state index contributed by atoms with van der Waals surface area (Å²) in [5.74, 6) is 0.719. The number of likely N-dealkylation sites (N-methyl/N-ethyl adjacent to an activating group) is 2. The maximum absolute atomic E-state index is 11.4. The summed E-state index contributed by atoms with van der Waals surface area (Å²) in [6.07, 6.45) is 0.915. The van der Waals surface area contributed by atoms with E-state index in [2.05, 4.69) is 32.5 Å². The topological polar surface area (TPSA) is 92.3 Å². The van der Waals surface area contributed by atoms with Gasteiger partial charge in [0.25, 0.3) is 0 Å². The van der Waals surface area contributed by atoms with Crippen molar-refractivity contribution >= 4 is 17.8 Å². The molecule has 21 heavy (non-hydrogen) atoms. The standard InChI is InChI=1S/C13H24N6O2/c1-6-7-15-11-16-12(19(5)8-10(20)14-4)18-13(17-11)21-9(2)3/h9H,6-8H2,1-5H3,(H,14,20)(H,15,16,17,18). The minimum absolute atomic E-state index is 0.0384. The Hall–Kier alpha value is -2.12. The van der Waals surface area contributed by atoms with Gasteiger partial charge in [0, 0.05) is 20.6 Å². The Labute approximate surface area is 125 Å². The largest absolute Gasteiger partial charge is 0.461 e. The highest BCUT2D eigenvalue weighted by atomic mass is 16.5. The Balaban J connectivity index is 2.96. The van der Waals surface area contributed by atoms with Crippen molar-refractivity contribution in [2.75, 3.05) is 37.4 Å². The number of nitrogens with one attached hydrogen (secondary N) is 2. The third-order valence-corrected chi connectivity index (χ3v) is 2.48. The van der Waals surface area contributed by atoms with Gasteiger partial charge in [0.05, 0.1) is 12.6 Å². The SMILES string of the molecule is CCCNc1nc(OC(C)C)nc(N(C)CC(=O)NC)n1. The van der Waals surface area contributed by atoms with Gasteiger partial charge in [-0.25, -0.2) is 0 Å². The van der Waals surface area contributed by atoms with E-state index in [1.807, 2.05) is 13.8 Å². The van der Waals surface area contributed by atoms with Crippen LogP contribution in [0.4, 0.5) is 11.9 Å². The first-order chi connectivity index (χ1) is 9.96. The van der Waals surface area contributed by atoms with Gasteiger partial charge in [-0.3, -0.25) is 4.79 Å². The molecule has 0 bridgehead atoms. The van der Waals surface area contributed by atoms with Gasteiger partial charge in [0.1, 0.15) is 0 Å². The molecule has 0 spiro atoms. The van der Waals surface area contributed by atoms with E-state index in [0.717, 1.165) is 13.0 Å². The minimum atomic E-state index is -0.118. The van der Waals surface area contributed by atoms with Crippen molar-refractivity contribution in [2.24, 2.45) is 0 Å². The van der Waals surface area contributed by atoms with Crippen LogP contribution in [0.1, 0.15) is 27.2 Å². The zero-order valence-corrected chi connectivity index (χ0v) is 13.3. The molecule has 0 fully saturated rings. The summed E-state index contributed by atoms with van der Waals surface area (Å²) in [5.41, 5.74) is 0. The van der Waals surface area contributed by atoms with E-state index >= 15 is 0 Å². The number of rotatable bonds is 8. The summed E-state index contributed by atoms with van der Waals surface area (Å²) in [4.78, 5) is 25.8. The zero-order valence-electron chi connectivity index (χ0n) is 13.3. The maximum atomic E-state index is 11.4. The lowest BCUT2D eigenvalue weighted by molar-refractivity contribution is -0.119. The van der Waals surface area contributed by atoms with Crippen molar-refractivity contribution in [3.8, 4) is 6.01 Å². The van der Waals surface area contributed by atoms with Crippen LogP contribution in [-0.2, 0) is 4.79 Å². The summed E-state index contributed by atoms with van der Waals surface area (Å²) in [6.45, 7) is 6.77. The van der Waals surface area contributed by atoms with Gasteiger partial charge in [0.2, 0.25) is 17.8 Å². The van der Waals surface area contributed by atoms with Crippen LogP contribution < -0.4 is 20.3 Å². The molecule has 0 saturated carbocycles. The molecule has 0 aliphatic heterocycles. The molecule has 0 aliphatic rings. The summed E-state index contributed by atoms with van der Waals surface area (Å²) in [5, 5.41) is 5.66. The summed E-state index contributed by atoms with van der Waals surface area (Å²) < 4.78 is 5.53. The third kappa shape index (κ3) is 5.80. The predicted octanol–water partition coefficient (Wildman–Crippen LogP) is 0.663. The maximum Gasteiger partial charge on any atom is 0.323 e. The number of anilines is 2. The van der Waals surface area contributed by atoms with Crippen LogP contribution in [0.5, 0.6) is 6.01 Å². The molecule has 1 amide bonds. The fourth-order valence-corrected chi connectivity index (χ4v) is 1.46. The van der Waals surface area contributed by atoms with Crippen LogP contribution in [0.3, 0.4) is 0 Å². The van der Waals surface area contributed by atoms with Gasteiger partial charge >= 0.3 is 6.01 Å². The first-order valence-electron chi connectivity index (χ1n) is 7.04. The molecule has 8 nitrogen and oxygen atoms in total. The second-order valence-corrected chi connectivity index (χ2v) is 4.86. The number of ether oxygens (including phenoxy) is 1. The zero-order chi connectivity index (χ0) is 15.8. The number of carbonyl (C=O) groups is 1. The van der Waals surface area contributed by atoms with Crippen molar-refractivity contribution < 1.29 is 9.53 Å². The van der Waals surface area contributed by atoms with Crippen molar-refractivity contribution in [3.05, 3.63) is 0 Å². The normalized spacial score (nSPS) is 10.4. The van der Waals surface area contributed by atoms with E-state index in [-0.39, 0.29) is 24.6 Å². The minimum Gasteiger partial charge on any atom is -0.461 e. The van der Waals surface area contributed by atoms with Gasteiger partial charge in [-0.05, 0) is 20.3 Å². The fourth-order valence-electron chi connectivity index (χ4n) is 1.46. The Kier molecular flexibility index (Phi) is 6.64. The second kappa shape index (κ2) is 8.23. The number of hydrogen-bond acceptors (Lipinski definition) is 7. The van der Waals surface area contributed by atoms with Crippen molar-refractivity contribution in [1.82, 2.24) is 20.3 Å². The number of carbonyl (C=O) groups excluding carboxylic acids is 1. The van der Waals surface area contributed by atoms with E-state index in [0.29, 0.717) is 11.9 Å². The lowest BCUT2D eigenvalue weighted by Gasteiger charge is -2.18. The van der Waals surface area contributed by atoms with Crippen molar-refractivity contribution in [1.29, 1.82) is 0 Å². The third-order valence-electron chi connectivity index (χ3n) is 2.48. The molecule has 118 valence electrons. The second-order valence-electron chi connectivity index (χ2n) is 4.86. The summed E-state index contributed by atoms with van der Waals surface area (Å²) in [6, 6.07) is 0.248. The van der Waals surface area contributed by atoms with E-state index in [1.54, 1.807) is 19.0 Å². The first-order valence-corrected chi connectivity index (χ1v) is 7.04. The van der Waals surface area contributed by atoms with Gasteiger partial charge in [-0.1, -0.05) is 6.92 Å². The smallest absolute Gasteiger partial charge is 0.323 e. The molecule has 2 N–H and O–H groups in total. The highest BCUT2D eigenvalue weighted by Gasteiger charge is 2.14. The fraction of sp³-hybridized carbons (Fsp3) is 0.692. The first kappa shape index (κ1) is 16.9. The van der Waals surface area contributed by atoms with Gasteiger partial charge in [-0.2, -0.15) is 15.0 Å². The van der Waals surface area contributed by atoms with Gasteiger partial charge < -0.3 is 20.3 Å². The Morgan fingerprint density at radius 1 is 1.33 bits per heavy atom. The molecule has 0 atom stereocenters. The number of amides is 1. The molecular weight excluding hydrogens is 272 g/mol. The molecule has 0 aliphatic carbocycles. The average molecular weight is 296 g/mol. The van der Waals surface area contributed by atoms with E-state index < -0.39 is 0 Å². The molecule has 1 heterocycles. The summed E-state index contributed by atoms with van der Waals surface area (Å²) >= 11 is 0. The molecule has 8 heteroatoms. The van der Waals surface area contributed by atoms with Crippen LogP contribution in [0.25, 0.3) is 0 Å². The van der Waals surface area contributed by atoms with E-state index in [4.69, 9.17) is 4.74 Å². The Morgan fingerprint density at radius 2 is 2.05 bits per heavy atom. The highest BCUT2D eigenvalue weighted by molar-refractivity contribution is 5.80. The van der Waals surface area contributed by atoms with Crippen molar-refractivity contribution in [3.63, 3.8) is 0 Å². The quantitative estimate of drug-likeness (QED) is 0.728. The van der Waals surface area contributed by atoms with E-state index in [9.17, 15) is 4.79 Å². The molecule has 0 radical (unpaired) electrons. The van der Waals surface area contributed by atoms with Crippen LogP contribution in [0.15, 0.2) is 0 Å². The molecule has 0 aromatic carbocycles. The van der Waals surface area contributed by atoms with E-state index in [1.165, 1.54) is 0 Å². The number of nitrogens with zero attached hydrogens (tertiary/aromatic N) is 4. The predicted molar refractivity (Wildman–Crippen MR) is 81.7 cm³/mol. The Bertz CT molecular complexity index is 466. The van der Waals surface area contributed by atoms with Crippen LogP contribution >= 0.6 is 0 Å². The van der Waals surface area contributed by atoms with Gasteiger partial charge in [-0.15, -0.1) is 0 Å². The molecule has 0 unspecified atom stereocenters. The molecule has 1 aromatic rings. The molecule has 1 rings (SSSR count). The summed E-state index contributed by atoms with van der Waals surface area (Å²) in [7, 11) is 3.33. The molecular formula is C13H24N6O2. The van der Waals surface area contributed by atoms with Gasteiger partial charge in [0.15, 0.2) is 0 Å². The lowest BCUT2D eigenvalue weighted by atomic mass is 10.5. The average Bonchev–Trinajstić information content (AvgIpc) is 2.43. The monoisotopic (exact) mass is 296 g/mol. The molecule has 0 saturated heterocycles. The lowest BCUT2D eigenvalue weighted by Crippen LogP contribution is -2.34. The van der Waals surface area contributed by atoms with Crippen LogP contribution in [-0.4, -0.2) is 54.1 Å². The number of aromatic nitrogens is 3. The van der Waals surface area contributed by atoms with Crippen LogP contribution in [0.2, 0.25) is 0 Å². The number of hydrogen-bond donors (Lipinski definition) is 2.